The van der Waals surface area contributed by atoms with Crippen molar-refractivity contribution in [2.24, 2.45) is 7.05 Å². The lowest BCUT2D eigenvalue weighted by molar-refractivity contribution is 0.0775. The molecule has 0 saturated carbocycles. The van der Waals surface area contributed by atoms with Gasteiger partial charge in [-0.05, 0) is 24.1 Å². The van der Waals surface area contributed by atoms with Gasteiger partial charge in [0.2, 0.25) is 0 Å². The molecule has 2 N–H and O–H groups in total. The Morgan fingerprint density at radius 2 is 2.19 bits per heavy atom. The number of halogens is 1. The molecule has 2 aromatic rings. The molecule has 0 atom stereocenters. The van der Waals surface area contributed by atoms with E-state index in [2.05, 4.69) is 21.0 Å². The van der Waals surface area contributed by atoms with E-state index in [9.17, 15) is 4.79 Å². The maximum atomic E-state index is 12.6. The molecule has 0 aliphatic heterocycles. The zero-order chi connectivity index (χ0) is 15.6. The highest BCUT2D eigenvalue weighted by Crippen LogP contribution is 2.20. The molecule has 0 radical (unpaired) electrons. The van der Waals surface area contributed by atoms with Crippen molar-refractivity contribution in [3.63, 3.8) is 0 Å². The van der Waals surface area contributed by atoms with E-state index in [0.29, 0.717) is 24.3 Å². The molecule has 1 amide bonds. The molecule has 1 heterocycles. The number of benzene rings is 1. The number of hydrogen-bond acceptors (Lipinski definition) is 3. The second-order valence-corrected chi connectivity index (χ2v) is 5.89. The van der Waals surface area contributed by atoms with Gasteiger partial charge in [-0.1, -0.05) is 35.0 Å². The lowest BCUT2D eigenvalue weighted by Crippen LogP contribution is -2.28. The number of nitrogen functional groups attached to an aromatic ring is 1. The topological polar surface area (TPSA) is 64.2 Å². The zero-order valence-electron chi connectivity index (χ0n) is 12.4. The SMILES string of the molecule is CCc1nn(C)c(C(=O)N(C)Cc2cccc(Br)c2)c1N. The van der Waals surface area contributed by atoms with Gasteiger partial charge >= 0.3 is 0 Å². The summed E-state index contributed by atoms with van der Waals surface area (Å²) in [7, 11) is 3.51. The van der Waals surface area contributed by atoms with Crippen LogP contribution in [0, 0.1) is 0 Å². The number of hydrogen-bond donors (Lipinski definition) is 1. The minimum atomic E-state index is -0.123. The molecule has 0 saturated heterocycles. The molecule has 21 heavy (non-hydrogen) atoms. The largest absolute Gasteiger partial charge is 0.395 e. The lowest BCUT2D eigenvalue weighted by atomic mass is 10.2. The van der Waals surface area contributed by atoms with Crippen molar-refractivity contribution in [3.05, 3.63) is 45.7 Å². The van der Waals surface area contributed by atoms with E-state index >= 15 is 0 Å². The van der Waals surface area contributed by atoms with Crippen molar-refractivity contribution in [1.82, 2.24) is 14.7 Å². The van der Waals surface area contributed by atoms with Crippen LogP contribution in [0.1, 0.15) is 28.7 Å². The van der Waals surface area contributed by atoms with Gasteiger partial charge < -0.3 is 10.6 Å². The molecular weight excluding hydrogens is 332 g/mol. The van der Waals surface area contributed by atoms with Crippen LogP contribution >= 0.6 is 15.9 Å². The van der Waals surface area contributed by atoms with Gasteiger partial charge in [0.15, 0.2) is 0 Å². The van der Waals surface area contributed by atoms with Crippen LogP contribution in [-0.2, 0) is 20.0 Å². The van der Waals surface area contributed by atoms with Crippen LogP contribution in [-0.4, -0.2) is 27.6 Å². The quantitative estimate of drug-likeness (QED) is 0.921. The number of carbonyl (C=O) groups is 1. The van der Waals surface area contributed by atoms with Crippen molar-refractivity contribution in [1.29, 1.82) is 0 Å². The highest BCUT2D eigenvalue weighted by Gasteiger charge is 2.22. The predicted molar refractivity (Wildman–Crippen MR) is 86.9 cm³/mol. The molecule has 0 unspecified atom stereocenters. The van der Waals surface area contributed by atoms with E-state index in [1.807, 2.05) is 31.2 Å². The number of nitrogens with two attached hydrogens (primary N) is 1. The van der Waals surface area contributed by atoms with E-state index in [0.717, 1.165) is 15.7 Å². The Morgan fingerprint density at radius 1 is 1.48 bits per heavy atom. The molecule has 5 nitrogen and oxygen atoms in total. The van der Waals surface area contributed by atoms with Crippen molar-refractivity contribution in [2.45, 2.75) is 19.9 Å². The molecular formula is C15H19BrN4O. The zero-order valence-corrected chi connectivity index (χ0v) is 14.0. The minimum absolute atomic E-state index is 0.123. The maximum Gasteiger partial charge on any atom is 0.274 e. The second kappa shape index (κ2) is 6.30. The minimum Gasteiger partial charge on any atom is -0.395 e. The normalized spacial score (nSPS) is 10.7. The Kier molecular flexibility index (Phi) is 4.67. The molecule has 112 valence electrons. The average molecular weight is 351 g/mol. The summed E-state index contributed by atoms with van der Waals surface area (Å²) in [6.45, 7) is 2.49. The van der Waals surface area contributed by atoms with Crippen molar-refractivity contribution >= 4 is 27.5 Å². The number of anilines is 1. The average Bonchev–Trinajstić information content (AvgIpc) is 2.72. The van der Waals surface area contributed by atoms with Crippen LogP contribution in [0.25, 0.3) is 0 Å². The molecule has 0 aliphatic rings. The van der Waals surface area contributed by atoms with Gasteiger partial charge in [0.1, 0.15) is 5.69 Å². The van der Waals surface area contributed by atoms with Crippen LogP contribution < -0.4 is 5.73 Å². The maximum absolute atomic E-state index is 12.6. The summed E-state index contributed by atoms with van der Waals surface area (Å²) in [6, 6.07) is 7.88. The molecule has 1 aromatic carbocycles. The van der Waals surface area contributed by atoms with Crippen LogP contribution in [0.4, 0.5) is 5.69 Å². The fourth-order valence-corrected chi connectivity index (χ4v) is 2.72. The van der Waals surface area contributed by atoms with Crippen molar-refractivity contribution < 1.29 is 4.79 Å². The molecule has 0 aliphatic carbocycles. The first kappa shape index (κ1) is 15.6. The van der Waals surface area contributed by atoms with Crippen LogP contribution in [0.15, 0.2) is 28.7 Å². The Labute approximate surface area is 132 Å². The van der Waals surface area contributed by atoms with E-state index in [-0.39, 0.29) is 5.91 Å². The van der Waals surface area contributed by atoms with E-state index in [1.165, 1.54) is 0 Å². The van der Waals surface area contributed by atoms with Crippen molar-refractivity contribution in [2.75, 3.05) is 12.8 Å². The Bertz CT molecular complexity index is 666. The first-order valence-electron chi connectivity index (χ1n) is 6.75. The first-order chi connectivity index (χ1) is 9.93. The fraction of sp³-hybridized carbons (Fsp3) is 0.333. The predicted octanol–water partition coefficient (Wildman–Crippen LogP) is 2.60. The standard InChI is InChI=1S/C15H19BrN4O/c1-4-12-13(17)14(20(3)18-12)15(21)19(2)9-10-6-5-7-11(16)8-10/h5-8H,4,9,17H2,1-3H3. The smallest absolute Gasteiger partial charge is 0.274 e. The van der Waals surface area contributed by atoms with Gasteiger partial charge in [-0.2, -0.15) is 5.10 Å². The fourth-order valence-electron chi connectivity index (χ4n) is 2.27. The Hall–Kier alpha value is -1.82. The number of amides is 1. The Balaban J connectivity index is 2.22. The van der Waals surface area contributed by atoms with E-state index in [1.54, 1.807) is 23.7 Å². The summed E-state index contributed by atoms with van der Waals surface area (Å²) in [5.41, 5.74) is 8.77. The van der Waals surface area contributed by atoms with Crippen molar-refractivity contribution in [3.8, 4) is 0 Å². The van der Waals surface area contributed by atoms with Crippen LogP contribution in [0.3, 0.4) is 0 Å². The second-order valence-electron chi connectivity index (χ2n) is 4.98. The van der Waals surface area contributed by atoms with Gasteiger partial charge in [-0.25, -0.2) is 0 Å². The molecule has 2 rings (SSSR count). The van der Waals surface area contributed by atoms with E-state index in [4.69, 9.17) is 5.73 Å². The summed E-state index contributed by atoms with van der Waals surface area (Å²) in [6.07, 6.45) is 0.711. The third-order valence-corrected chi connectivity index (χ3v) is 3.85. The monoisotopic (exact) mass is 350 g/mol. The first-order valence-corrected chi connectivity index (χ1v) is 7.54. The summed E-state index contributed by atoms with van der Waals surface area (Å²) >= 11 is 3.43. The number of aryl methyl sites for hydroxylation is 2. The van der Waals surface area contributed by atoms with Gasteiger partial charge in [-0.3, -0.25) is 9.48 Å². The number of aromatic nitrogens is 2. The van der Waals surface area contributed by atoms with Gasteiger partial charge in [0.05, 0.1) is 11.4 Å². The van der Waals surface area contributed by atoms with Crippen LogP contribution in [0.2, 0.25) is 0 Å². The molecule has 6 heteroatoms. The number of nitrogens with zero attached hydrogens (tertiary/aromatic N) is 3. The third kappa shape index (κ3) is 3.26. The van der Waals surface area contributed by atoms with Gasteiger partial charge in [-0.15, -0.1) is 0 Å². The van der Waals surface area contributed by atoms with Crippen LogP contribution in [0.5, 0.6) is 0 Å². The summed E-state index contributed by atoms with van der Waals surface area (Å²) in [4.78, 5) is 14.2. The summed E-state index contributed by atoms with van der Waals surface area (Å²) in [5.74, 6) is -0.123. The van der Waals surface area contributed by atoms with Gasteiger partial charge in [0.25, 0.3) is 5.91 Å². The Morgan fingerprint density at radius 3 is 2.76 bits per heavy atom. The molecule has 0 fully saturated rings. The summed E-state index contributed by atoms with van der Waals surface area (Å²) < 4.78 is 2.56. The highest BCUT2D eigenvalue weighted by molar-refractivity contribution is 9.10. The molecule has 1 aromatic heterocycles. The third-order valence-electron chi connectivity index (χ3n) is 3.35. The highest BCUT2D eigenvalue weighted by atomic mass is 79.9. The molecule has 0 bridgehead atoms. The van der Waals surface area contributed by atoms with E-state index < -0.39 is 0 Å². The molecule has 0 spiro atoms. The number of rotatable bonds is 4. The lowest BCUT2D eigenvalue weighted by Gasteiger charge is -2.18. The van der Waals surface area contributed by atoms with Gasteiger partial charge in [0, 0.05) is 25.1 Å². The number of carbonyl (C=O) groups excluding carboxylic acids is 1. The summed E-state index contributed by atoms with van der Waals surface area (Å²) in [5, 5.41) is 4.29.